The molecule has 194 valence electrons. The maximum absolute atomic E-state index is 14.0. The minimum Gasteiger partial charge on any atom is -0.469 e. The summed E-state index contributed by atoms with van der Waals surface area (Å²) in [6.07, 6.45) is 3.16. The second-order valence-electron chi connectivity index (χ2n) is 9.62. The molecule has 38 heavy (non-hydrogen) atoms. The first-order valence-corrected chi connectivity index (χ1v) is 12.3. The van der Waals surface area contributed by atoms with E-state index in [-0.39, 0.29) is 43.0 Å². The number of hydrogen-bond donors (Lipinski definition) is 0. The van der Waals surface area contributed by atoms with Crippen molar-refractivity contribution in [3.63, 3.8) is 0 Å². The smallest absolute Gasteiger partial charge is 0.334 e. The third kappa shape index (κ3) is 3.22. The van der Waals surface area contributed by atoms with Crippen LogP contribution in [0.25, 0.3) is 5.57 Å². The lowest BCUT2D eigenvalue weighted by molar-refractivity contribution is -0.149. The van der Waals surface area contributed by atoms with Gasteiger partial charge in [0.1, 0.15) is 0 Å². The zero-order valence-electron chi connectivity index (χ0n) is 21.4. The molecule has 0 N–H and O–H groups in total. The summed E-state index contributed by atoms with van der Waals surface area (Å²) in [7, 11) is 2.49. The molecular weight excluding hydrogens is 484 g/mol. The summed E-state index contributed by atoms with van der Waals surface area (Å²) in [5, 5.41) is 0. The Labute approximate surface area is 220 Å². The summed E-state index contributed by atoms with van der Waals surface area (Å²) in [5.74, 6) is -2.02. The van der Waals surface area contributed by atoms with E-state index in [0.29, 0.717) is 22.5 Å². The molecule has 1 aliphatic carbocycles. The van der Waals surface area contributed by atoms with Crippen LogP contribution in [0.5, 0.6) is 0 Å². The van der Waals surface area contributed by atoms with E-state index in [2.05, 4.69) is 13.2 Å². The Bertz CT molecular complexity index is 1440. The first kappa shape index (κ1) is 25.2. The highest BCUT2D eigenvalue weighted by molar-refractivity contribution is 6.36. The molecule has 0 aromatic heterocycles. The van der Waals surface area contributed by atoms with Crippen molar-refractivity contribution < 1.29 is 28.7 Å². The molecule has 1 saturated carbocycles. The number of benzene rings is 2. The predicted molar refractivity (Wildman–Crippen MR) is 142 cm³/mol. The molecule has 8 heteroatoms. The van der Waals surface area contributed by atoms with Gasteiger partial charge in [-0.05, 0) is 30.5 Å². The lowest BCUT2D eigenvalue weighted by atomic mass is 9.81. The normalized spacial score (nSPS) is 24.2. The van der Waals surface area contributed by atoms with Gasteiger partial charge in [-0.2, -0.15) is 0 Å². The standard InChI is InChI=1S/C30H28N2O6/c1-5-15-31-22-13-9-7-11-19(22)24(25(31)33)20(26(34)37-3)17-29(28(36)38-4)18-30(29)21-12-8-10-14-23(21)32(16-6-2)27(30)35/h5-14H,1-2,15-18H2,3-4H3/b24-20+/t29-,30-/m0/s1. The number of ether oxygens (including phenoxy) is 2. The molecule has 2 heterocycles. The fourth-order valence-electron chi connectivity index (χ4n) is 6.17. The van der Waals surface area contributed by atoms with Gasteiger partial charge >= 0.3 is 11.9 Å². The van der Waals surface area contributed by atoms with Crippen molar-refractivity contribution in [1.29, 1.82) is 0 Å². The highest BCUT2D eigenvalue weighted by Crippen LogP contribution is 2.72. The van der Waals surface area contributed by atoms with Crippen molar-refractivity contribution >= 4 is 40.7 Å². The number of esters is 2. The van der Waals surface area contributed by atoms with E-state index >= 15 is 0 Å². The molecule has 0 bridgehead atoms. The van der Waals surface area contributed by atoms with Crippen molar-refractivity contribution in [3.05, 3.63) is 90.5 Å². The van der Waals surface area contributed by atoms with Crippen LogP contribution < -0.4 is 9.80 Å². The Morgan fingerprint density at radius 3 is 2.21 bits per heavy atom. The molecule has 2 aromatic carbocycles. The summed E-state index contributed by atoms with van der Waals surface area (Å²) in [6, 6.07) is 14.4. The van der Waals surface area contributed by atoms with Gasteiger partial charge in [0.15, 0.2) is 0 Å². The summed E-state index contributed by atoms with van der Waals surface area (Å²) < 4.78 is 10.4. The van der Waals surface area contributed by atoms with Crippen molar-refractivity contribution in [2.45, 2.75) is 18.3 Å². The molecule has 5 rings (SSSR count). The van der Waals surface area contributed by atoms with E-state index in [9.17, 15) is 19.2 Å². The lowest BCUT2D eigenvalue weighted by Gasteiger charge is -2.22. The lowest BCUT2D eigenvalue weighted by Crippen LogP contribution is -2.39. The molecule has 8 nitrogen and oxygen atoms in total. The minimum atomic E-state index is -1.40. The SMILES string of the molecule is C=CCN1C(=O)/C(=C(\C[C@@]2(C(=O)OC)C[C@]23C(=O)N(CC=C)c2ccccc23)C(=O)OC)c2ccccc21. The molecule has 1 spiro atoms. The highest BCUT2D eigenvalue weighted by atomic mass is 16.5. The van der Waals surface area contributed by atoms with E-state index < -0.39 is 28.7 Å². The van der Waals surface area contributed by atoms with Gasteiger partial charge < -0.3 is 19.3 Å². The highest BCUT2D eigenvalue weighted by Gasteiger charge is 2.80. The molecule has 2 aromatic rings. The van der Waals surface area contributed by atoms with Gasteiger partial charge in [-0.25, -0.2) is 4.79 Å². The fourth-order valence-corrected chi connectivity index (χ4v) is 6.17. The monoisotopic (exact) mass is 512 g/mol. The largest absolute Gasteiger partial charge is 0.469 e. The number of hydrogen-bond acceptors (Lipinski definition) is 6. The van der Waals surface area contributed by atoms with Crippen molar-refractivity contribution in [3.8, 4) is 0 Å². The van der Waals surface area contributed by atoms with Crippen LogP contribution in [0.3, 0.4) is 0 Å². The molecular formula is C30H28N2O6. The third-order valence-corrected chi connectivity index (χ3v) is 7.86. The maximum Gasteiger partial charge on any atom is 0.334 e. The van der Waals surface area contributed by atoms with E-state index in [4.69, 9.17) is 9.47 Å². The number of nitrogens with zero attached hydrogens (tertiary/aromatic N) is 2. The van der Waals surface area contributed by atoms with Gasteiger partial charge in [0.2, 0.25) is 5.91 Å². The van der Waals surface area contributed by atoms with Crippen LogP contribution in [0.2, 0.25) is 0 Å². The van der Waals surface area contributed by atoms with E-state index in [1.165, 1.54) is 19.1 Å². The first-order valence-electron chi connectivity index (χ1n) is 12.3. The van der Waals surface area contributed by atoms with Crippen LogP contribution in [-0.4, -0.2) is 51.1 Å². The molecule has 0 unspecified atom stereocenters. The summed E-state index contributed by atoms with van der Waals surface area (Å²) in [4.78, 5) is 57.6. The second kappa shape index (κ2) is 9.13. The zero-order chi connectivity index (χ0) is 27.2. The molecule has 0 saturated heterocycles. The van der Waals surface area contributed by atoms with Crippen LogP contribution in [0.4, 0.5) is 11.4 Å². The fraction of sp³-hybridized carbons (Fsp3) is 0.267. The average molecular weight is 513 g/mol. The molecule has 2 aliphatic heterocycles. The van der Waals surface area contributed by atoms with Crippen molar-refractivity contribution in [2.24, 2.45) is 5.41 Å². The van der Waals surface area contributed by atoms with Crippen LogP contribution >= 0.6 is 0 Å². The third-order valence-electron chi connectivity index (χ3n) is 7.86. The summed E-state index contributed by atoms with van der Waals surface area (Å²) in [5.41, 5.74) is 0.122. The number of fused-ring (bicyclic) bond motifs is 3. The number of rotatable bonds is 8. The first-order chi connectivity index (χ1) is 18.3. The van der Waals surface area contributed by atoms with Crippen LogP contribution in [0.15, 0.2) is 79.4 Å². The minimum absolute atomic E-state index is 0.0336. The average Bonchev–Trinajstić information content (AvgIpc) is 3.47. The Morgan fingerprint density at radius 1 is 0.921 bits per heavy atom. The molecule has 2 atom stereocenters. The van der Waals surface area contributed by atoms with Crippen LogP contribution in [0.1, 0.15) is 24.0 Å². The van der Waals surface area contributed by atoms with Gasteiger partial charge in [-0.3, -0.25) is 14.4 Å². The summed E-state index contributed by atoms with van der Waals surface area (Å²) in [6.45, 7) is 8.02. The molecule has 1 fully saturated rings. The van der Waals surface area contributed by atoms with Gasteiger partial charge in [0, 0.05) is 24.3 Å². The number of carbonyl (C=O) groups excluding carboxylic acids is 4. The molecule has 3 aliphatic rings. The maximum atomic E-state index is 14.0. The topological polar surface area (TPSA) is 93.2 Å². The number of methoxy groups -OCH3 is 2. The van der Waals surface area contributed by atoms with Gasteiger partial charge in [-0.15, -0.1) is 13.2 Å². The van der Waals surface area contributed by atoms with E-state index in [0.717, 1.165) is 0 Å². The van der Waals surface area contributed by atoms with Gasteiger partial charge in [-0.1, -0.05) is 48.6 Å². The number of carbonyl (C=O) groups is 4. The van der Waals surface area contributed by atoms with Crippen molar-refractivity contribution in [1.82, 2.24) is 0 Å². The van der Waals surface area contributed by atoms with Gasteiger partial charge in [0.05, 0.1) is 41.9 Å². The predicted octanol–water partition coefficient (Wildman–Crippen LogP) is 3.57. The number of amides is 2. The Morgan fingerprint density at radius 2 is 1.55 bits per heavy atom. The van der Waals surface area contributed by atoms with E-state index in [1.807, 2.05) is 24.3 Å². The van der Waals surface area contributed by atoms with Crippen LogP contribution in [-0.2, 0) is 34.1 Å². The quantitative estimate of drug-likeness (QED) is 0.305. The summed E-state index contributed by atoms with van der Waals surface area (Å²) >= 11 is 0. The Kier molecular flexibility index (Phi) is 6.06. The Balaban J connectivity index is 1.71. The zero-order valence-corrected chi connectivity index (χ0v) is 21.4. The van der Waals surface area contributed by atoms with Crippen LogP contribution in [0, 0.1) is 5.41 Å². The number of para-hydroxylation sites is 2. The molecule has 2 amide bonds. The second-order valence-corrected chi connectivity index (χ2v) is 9.62. The Hall–Kier alpha value is -4.46. The molecule has 0 radical (unpaired) electrons. The van der Waals surface area contributed by atoms with Gasteiger partial charge in [0.25, 0.3) is 5.91 Å². The van der Waals surface area contributed by atoms with E-state index in [1.54, 1.807) is 41.3 Å². The van der Waals surface area contributed by atoms with Crippen molar-refractivity contribution in [2.75, 3.05) is 37.1 Å². The number of anilines is 2.